The van der Waals surface area contributed by atoms with E-state index in [1.807, 2.05) is 59.7 Å². The maximum atomic E-state index is 12.6. The van der Waals surface area contributed by atoms with E-state index in [-0.39, 0.29) is 12.0 Å². The monoisotopic (exact) mass is 367 g/mol. The number of benzene rings is 1. The molecule has 1 aliphatic rings. The Hall–Kier alpha value is -2.44. The number of amides is 1. The van der Waals surface area contributed by atoms with E-state index in [1.165, 1.54) is 0 Å². The Bertz CT molecular complexity index is 868. The zero-order valence-electron chi connectivity index (χ0n) is 14.7. The first-order valence-corrected chi connectivity index (χ1v) is 9.65. The number of thiophene rings is 1. The molecule has 1 aromatic carbocycles. The van der Waals surface area contributed by atoms with Gasteiger partial charge in [0.25, 0.3) is 5.91 Å². The summed E-state index contributed by atoms with van der Waals surface area (Å²) in [6.45, 7) is 1.19. The summed E-state index contributed by atoms with van der Waals surface area (Å²) in [4.78, 5) is 15.5. The van der Waals surface area contributed by atoms with Gasteiger partial charge in [0, 0.05) is 32.0 Å². The highest BCUT2D eigenvalue weighted by atomic mass is 32.1. The molecule has 1 unspecified atom stereocenters. The quantitative estimate of drug-likeness (QED) is 0.690. The van der Waals surface area contributed by atoms with Gasteiger partial charge in [0.2, 0.25) is 0 Å². The number of aromatic nitrogens is 2. The predicted molar refractivity (Wildman–Crippen MR) is 102 cm³/mol. The highest BCUT2D eigenvalue weighted by Crippen LogP contribution is 2.29. The molecule has 1 fully saturated rings. The molecule has 3 aromatic rings. The van der Waals surface area contributed by atoms with Crippen LogP contribution in [0.15, 0.2) is 54.0 Å². The molecule has 2 aromatic heterocycles. The molecule has 1 saturated heterocycles. The van der Waals surface area contributed by atoms with Gasteiger partial charge in [0.1, 0.15) is 11.8 Å². The first-order valence-electron chi connectivity index (χ1n) is 8.77. The minimum Gasteiger partial charge on any atom is -0.368 e. The summed E-state index contributed by atoms with van der Waals surface area (Å²) in [6, 6.07) is 14.1. The second kappa shape index (κ2) is 7.43. The molecule has 0 N–H and O–H groups in total. The number of carbonyl (C=O) groups excluding carboxylic acids is 1. The third kappa shape index (κ3) is 3.43. The number of para-hydroxylation sites is 1. The number of hydrogen-bond donors (Lipinski definition) is 0. The highest BCUT2D eigenvalue weighted by molar-refractivity contribution is 7.13. The lowest BCUT2D eigenvalue weighted by Crippen LogP contribution is -2.35. The van der Waals surface area contributed by atoms with Crippen molar-refractivity contribution in [1.82, 2.24) is 14.7 Å². The third-order valence-electron chi connectivity index (χ3n) is 4.55. The van der Waals surface area contributed by atoms with Gasteiger partial charge in [-0.05, 0) is 36.4 Å². The maximum absolute atomic E-state index is 12.6. The van der Waals surface area contributed by atoms with Crippen molar-refractivity contribution in [3.8, 4) is 16.3 Å². The van der Waals surface area contributed by atoms with Crippen LogP contribution in [0.2, 0.25) is 0 Å². The van der Waals surface area contributed by atoms with Gasteiger partial charge in [-0.1, -0.05) is 24.3 Å². The molecule has 4 rings (SSSR count). The average Bonchev–Trinajstić information content (AvgIpc) is 3.42. The third-order valence-corrected chi connectivity index (χ3v) is 5.43. The van der Waals surface area contributed by atoms with Gasteiger partial charge in [-0.15, -0.1) is 11.3 Å². The van der Waals surface area contributed by atoms with Crippen LogP contribution in [0.4, 0.5) is 0 Å². The van der Waals surface area contributed by atoms with Gasteiger partial charge in [-0.2, -0.15) is 5.10 Å². The Kier molecular flexibility index (Phi) is 4.86. The van der Waals surface area contributed by atoms with Crippen molar-refractivity contribution in [2.45, 2.75) is 25.5 Å². The fourth-order valence-electron chi connectivity index (χ4n) is 3.21. The summed E-state index contributed by atoms with van der Waals surface area (Å²) < 4.78 is 7.42. The molecule has 0 aliphatic carbocycles. The van der Waals surface area contributed by atoms with Crippen molar-refractivity contribution in [3.63, 3.8) is 0 Å². The summed E-state index contributed by atoms with van der Waals surface area (Å²) in [6.07, 6.45) is 3.49. The van der Waals surface area contributed by atoms with Gasteiger partial charge in [-0.3, -0.25) is 4.79 Å². The van der Waals surface area contributed by atoms with Crippen LogP contribution in [-0.4, -0.2) is 40.3 Å². The molecule has 3 heterocycles. The van der Waals surface area contributed by atoms with Crippen molar-refractivity contribution in [1.29, 1.82) is 0 Å². The topological polar surface area (TPSA) is 47.4 Å². The fraction of sp³-hybridized carbons (Fsp3) is 0.300. The molecule has 0 bridgehead atoms. The van der Waals surface area contributed by atoms with Gasteiger partial charge in [0.15, 0.2) is 0 Å². The van der Waals surface area contributed by atoms with E-state index in [0.29, 0.717) is 13.2 Å². The highest BCUT2D eigenvalue weighted by Gasteiger charge is 2.27. The van der Waals surface area contributed by atoms with Crippen LogP contribution in [0.3, 0.4) is 0 Å². The van der Waals surface area contributed by atoms with E-state index in [4.69, 9.17) is 9.84 Å². The Morgan fingerprint density at radius 2 is 2.15 bits per heavy atom. The molecule has 0 saturated carbocycles. The average molecular weight is 367 g/mol. The van der Waals surface area contributed by atoms with Crippen LogP contribution in [-0.2, 0) is 16.1 Å². The smallest absolute Gasteiger partial charge is 0.251 e. The van der Waals surface area contributed by atoms with E-state index in [0.717, 1.165) is 34.7 Å². The lowest BCUT2D eigenvalue weighted by atomic mass is 10.2. The molecular formula is C20H21N3O2S. The number of likely N-dealkylation sites (N-methyl/N-ethyl adjacent to an activating group) is 1. The zero-order chi connectivity index (χ0) is 17.9. The zero-order valence-corrected chi connectivity index (χ0v) is 15.5. The first kappa shape index (κ1) is 17.0. The maximum Gasteiger partial charge on any atom is 0.251 e. The molecule has 6 heteroatoms. The molecule has 134 valence electrons. The lowest BCUT2D eigenvalue weighted by molar-refractivity contribution is -0.140. The minimum absolute atomic E-state index is 0.0482. The number of nitrogens with zero attached hydrogens (tertiary/aromatic N) is 3. The Morgan fingerprint density at radius 1 is 1.31 bits per heavy atom. The molecule has 26 heavy (non-hydrogen) atoms. The van der Waals surface area contributed by atoms with Crippen LogP contribution in [0.25, 0.3) is 16.3 Å². The minimum atomic E-state index is -0.297. The summed E-state index contributed by atoms with van der Waals surface area (Å²) in [5.74, 6) is 0.0482. The molecule has 1 aliphatic heterocycles. The van der Waals surface area contributed by atoms with E-state index in [9.17, 15) is 4.79 Å². The summed E-state index contributed by atoms with van der Waals surface area (Å²) in [5, 5.41) is 6.83. The lowest BCUT2D eigenvalue weighted by Gasteiger charge is -2.20. The van der Waals surface area contributed by atoms with Crippen LogP contribution in [0, 0.1) is 0 Å². The predicted octanol–water partition coefficient (Wildman–Crippen LogP) is 3.74. The van der Waals surface area contributed by atoms with Crippen molar-refractivity contribution in [2.24, 2.45) is 0 Å². The second-order valence-electron chi connectivity index (χ2n) is 6.46. The van der Waals surface area contributed by atoms with Gasteiger partial charge in [-0.25, -0.2) is 4.68 Å². The van der Waals surface area contributed by atoms with Crippen molar-refractivity contribution in [2.75, 3.05) is 13.7 Å². The molecule has 0 spiro atoms. The van der Waals surface area contributed by atoms with Crippen LogP contribution < -0.4 is 0 Å². The van der Waals surface area contributed by atoms with Gasteiger partial charge >= 0.3 is 0 Å². The van der Waals surface area contributed by atoms with Crippen LogP contribution >= 0.6 is 11.3 Å². The summed E-state index contributed by atoms with van der Waals surface area (Å²) in [7, 11) is 1.84. The van der Waals surface area contributed by atoms with Crippen LogP contribution in [0.1, 0.15) is 18.4 Å². The van der Waals surface area contributed by atoms with Gasteiger partial charge < -0.3 is 9.64 Å². The van der Waals surface area contributed by atoms with Crippen LogP contribution in [0.5, 0.6) is 0 Å². The van der Waals surface area contributed by atoms with E-state index >= 15 is 0 Å². The normalized spacial score (nSPS) is 16.7. The molecule has 1 atom stereocenters. The van der Waals surface area contributed by atoms with E-state index in [1.54, 1.807) is 16.2 Å². The number of hydrogen-bond acceptors (Lipinski definition) is 4. The second-order valence-corrected chi connectivity index (χ2v) is 7.40. The molecule has 1 amide bonds. The molecule has 0 radical (unpaired) electrons. The first-order chi connectivity index (χ1) is 12.7. The van der Waals surface area contributed by atoms with E-state index in [2.05, 4.69) is 6.07 Å². The standard InChI is InChI=1S/C20H21N3O2S/c1-22(20(24)17-9-5-11-25-17)13-15-14-23(16-7-3-2-4-8-16)21-19(15)18-10-6-12-26-18/h2-4,6-8,10,12,14,17H,5,9,11,13H2,1H3. The van der Waals surface area contributed by atoms with Crippen molar-refractivity contribution in [3.05, 3.63) is 59.6 Å². The fourth-order valence-corrected chi connectivity index (χ4v) is 3.96. The SMILES string of the molecule is CN(Cc1cn(-c2ccccc2)nc1-c1cccs1)C(=O)C1CCCO1. The summed E-state index contributed by atoms with van der Waals surface area (Å²) >= 11 is 1.66. The summed E-state index contributed by atoms with van der Waals surface area (Å²) in [5.41, 5.74) is 2.96. The van der Waals surface area contributed by atoms with Crippen molar-refractivity contribution >= 4 is 17.2 Å². The Morgan fingerprint density at radius 3 is 2.85 bits per heavy atom. The largest absolute Gasteiger partial charge is 0.368 e. The number of ether oxygens (including phenoxy) is 1. The number of rotatable bonds is 5. The number of carbonyl (C=O) groups is 1. The Labute approximate surface area is 156 Å². The Balaban J connectivity index is 1.63. The van der Waals surface area contributed by atoms with E-state index < -0.39 is 0 Å². The van der Waals surface area contributed by atoms with Gasteiger partial charge in [0.05, 0.1) is 10.6 Å². The molecule has 5 nitrogen and oxygen atoms in total. The van der Waals surface area contributed by atoms with Crippen molar-refractivity contribution < 1.29 is 9.53 Å². The molecular weight excluding hydrogens is 346 g/mol.